The Balaban J connectivity index is 2.08. The van der Waals surface area contributed by atoms with E-state index in [0.717, 1.165) is 16.4 Å². The molecule has 8 heteroatoms. The van der Waals surface area contributed by atoms with E-state index >= 15 is 0 Å². The normalized spacial score (nSPS) is 16.0. The second-order valence-electron chi connectivity index (χ2n) is 6.31. The van der Waals surface area contributed by atoms with Crippen LogP contribution in [-0.4, -0.2) is 24.7 Å². The first kappa shape index (κ1) is 18.9. The Morgan fingerprint density at radius 2 is 2.00 bits per heavy atom. The molecule has 140 valence electrons. The summed E-state index contributed by atoms with van der Waals surface area (Å²) >= 11 is 0. The van der Waals surface area contributed by atoms with Gasteiger partial charge in [-0.05, 0) is 44.5 Å². The van der Waals surface area contributed by atoms with E-state index in [-0.39, 0.29) is 27.5 Å². The van der Waals surface area contributed by atoms with Gasteiger partial charge in [-0.25, -0.2) is 17.1 Å². The van der Waals surface area contributed by atoms with Crippen molar-refractivity contribution in [2.45, 2.75) is 38.1 Å². The number of sulfonamides is 1. The van der Waals surface area contributed by atoms with Crippen LogP contribution < -0.4 is 4.74 Å². The molecule has 0 saturated carbocycles. The summed E-state index contributed by atoms with van der Waals surface area (Å²) in [7, 11) is -3.91. The number of hydrogen-bond donors (Lipinski definition) is 0. The molecule has 2 aromatic carbocycles. The van der Waals surface area contributed by atoms with Crippen LogP contribution in [0.5, 0.6) is 11.5 Å². The van der Waals surface area contributed by atoms with Crippen LogP contribution in [-0.2, 0) is 10.0 Å². The predicted octanol–water partition coefficient (Wildman–Crippen LogP) is 3.74. The number of nitrogens with zero attached hydrogens (tertiary/aromatic N) is 2. The predicted molar refractivity (Wildman–Crippen MR) is 95.5 cm³/mol. The molecule has 0 fully saturated rings. The van der Waals surface area contributed by atoms with Gasteiger partial charge >= 0.3 is 0 Å². The van der Waals surface area contributed by atoms with Crippen molar-refractivity contribution >= 4 is 15.9 Å². The number of ether oxygens (including phenoxy) is 1. The summed E-state index contributed by atoms with van der Waals surface area (Å²) in [6, 6.07) is 7.65. The van der Waals surface area contributed by atoms with Gasteiger partial charge in [-0.1, -0.05) is 6.92 Å². The van der Waals surface area contributed by atoms with Crippen LogP contribution in [0.1, 0.15) is 41.8 Å². The lowest BCUT2D eigenvalue weighted by atomic mass is 10.1. The minimum Gasteiger partial charge on any atom is -0.457 e. The van der Waals surface area contributed by atoms with Gasteiger partial charge in [0, 0.05) is 17.7 Å². The van der Waals surface area contributed by atoms with Crippen molar-refractivity contribution in [3.05, 3.63) is 52.8 Å². The number of amides is 1. The number of fused-ring (bicyclic) bond motifs is 1. The molecule has 27 heavy (non-hydrogen) atoms. The topological polar surface area (TPSA) is 87.5 Å². The third-order valence-corrected chi connectivity index (χ3v) is 6.49. The molecule has 1 atom stereocenters. The van der Waals surface area contributed by atoms with Gasteiger partial charge in [-0.3, -0.25) is 4.79 Å². The highest BCUT2D eigenvalue weighted by molar-refractivity contribution is 7.90. The summed E-state index contributed by atoms with van der Waals surface area (Å²) in [5.74, 6) is -0.928. The molecule has 0 radical (unpaired) electrons. The maximum Gasteiger partial charge on any atom is 0.269 e. The maximum absolute atomic E-state index is 13.6. The summed E-state index contributed by atoms with van der Waals surface area (Å²) < 4.78 is 45.6. The van der Waals surface area contributed by atoms with E-state index in [1.54, 1.807) is 20.8 Å². The standard InChI is InChI=1S/C19H17FN2O4S/c1-4-11(2)22-19(23)18-12(3)16(5-6-17(18)27(22,24)25)26-15-8-13(10-21)7-14(20)9-15/h5-9,11H,4H2,1-3H3. The fourth-order valence-electron chi connectivity index (χ4n) is 3.00. The molecule has 0 spiro atoms. The van der Waals surface area contributed by atoms with Crippen LogP contribution in [0.2, 0.25) is 0 Å². The summed E-state index contributed by atoms with van der Waals surface area (Å²) in [6.45, 7) is 5.05. The Kier molecular flexibility index (Phi) is 4.66. The molecule has 1 heterocycles. The molecule has 0 bridgehead atoms. The lowest BCUT2D eigenvalue weighted by Crippen LogP contribution is -2.37. The lowest BCUT2D eigenvalue weighted by Gasteiger charge is -2.21. The van der Waals surface area contributed by atoms with Crippen molar-refractivity contribution in [1.82, 2.24) is 4.31 Å². The summed E-state index contributed by atoms with van der Waals surface area (Å²) in [5, 5.41) is 8.94. The number of rotatable bonds is 4. The number of hydrogen-bond acceptors (Lipinski definition) is 5. The summed E-state index contributed by atoms with van der Waals surface area (Å²) in [5.41, 5.74) is 0.491. The number of carbonyl (C=O) groups excluding carboxylic acids is 1. The van der Waals surface area contributed by atoms with Gasteiger partial charge in [0.2, 0.25) is 0 Å². The molecule has 1 aliphatic rings. The average Bonchev–Trinajstić information content (AvgIpc) is 2.82. The molecule has 0 aliphatic carbocycles. The fourth-order valence-corrected chi connectivity index (χ4v) is 4.88. The zero-order valence-corrected chi connectivity index (χ0v) is 15.8. The summed E-state index contributed by atoms with van der Waals surface area (Å²) in [4.78, 5) is 12.7. The van der Waals surface area contributed by atoms with E-state index in [9.17, 15) is 17.6 Å². The monoisotopic (exact) mass is 388 g/mol. The van der Waals surface area contributed by atoms with E-state index in [1.165, 1.54) is 18.2 Å². The Labute approximate surface area is 156 Å². The zero-order chi connectivity index (χ0) is 19.9. The van der Waals surface area contributed by atoms with E-state index in [1.807, 2.05) is 6.07 Å². The van der Waals surface area contributed by atoms with E-state index in [2.05, 4.69) is 0 Å². The van der Waals surface area contributed by atoms with Crippen molar-refractivity contribution in [2.75, 3.05) is 0 Å². The second kappa shape index (κ2) is 6.67. The van der Waals surface area contributed by atoms with Gasteiger partial charge in [-0.2, -0.15) is 5.26 Å². The number of nitriles is 1. The van der Waals surface area contributed by atoms with Gasteiger partial charge in [0.1, 0.15) is 22.2 Å². The highest BCUT2D eigenvalue weighted by atomic mass is 32.2. The van der Waals surface area contributed by atoms with Crippen LogP contribution in [0, 0.1) is 24.1 Å². The van der Waals surface area contributed by atoms with Crippen molar-refractivity contribution in [3.8, 4) is 17.6 Å². The molecule has 0 saturated heterocycles. The second-order valence-corrected chi connectivity index (χ2v) is 8.10. The number of benzene rings is 2. The van der Waals surface area contributed by atoms with Gasteiger partial charge in [0.15, 0.2) is 0 Å². The van der Waals surface area contributed by atoms with Crippen molar-refractivity contribution in [2.24, 2.45) is 0 Å². The Morgan fingerprint density at radius 3 is 2.63 bits per heavy atom. The van der Waals surface area contributed by atoms with Crippen molar-refractivity contribution in [1.29, 1.82) is 5.26 Å². The van der Waals surface area contributed by atoms with Crippen LogP contribution in [0.4, 0.5) is 4.39 Å². The van der Waals surface area contributed by atoms with E-state index in [0.29, 0.717) is 12.0 Å². The Morgan fingerprint density at radius 1 is 1.30 bits per heavy atom. The molecule has 1 amide bonds. The maximum atomic E-state index is 13.6. The number of halogens is 1. The first-order chi connectivity index (χ1) is 12.7. The molecule has 1 unspecified atom stereocenters. The zero-order valence-electron chi connectivity index (χ0n) is 15.0. The minimum absolute atomic E-state index is 0.0599. The van der Waals surface area contributed by atoms with E-state index < -0.39 is 27.8 Å². The van der Waals surface area contributed by atoms with Crippen LogP contribution >= 0.6 is 0 Å². The Hall–Kier alpha value is -2.92. The molecule has 3 rings (SSSR count). The van der Waals surface area contributed by atoms with Crippen LogP contribution in [0.25, 0.3) is 0 Å². The van der Waals surface area contributed by atoms with Gasteiger partial charge in [-0.15, -0.1) is 0 Å². The molecular weight excluding hydrogens is 371 g/mol. The highest BCUT2D eigenvalue weighted by Crippen LogP contribution is 2.39. The quantitative estimate of drug-likeness (QED) is 0.796. The van der Waals surface area contributed by atoms with Gasteiger partial charge in [0.05, 0.1) is 17.2 Å². The largest absolute Gasteiger partial charge is 0.457 e. The third kappa shape index (κ3) is 3.04. The lowest BCUT2D eigenvalue weighted by molar-refractivity contribution is 0.0836. The van der Waals surface area contributed by atoms with Gasteiger partial charge in [0.25, 0.3) is 15.9 Å². The molecule has 2 aromatic rings. The molecule has 1 aliphatic heterocycles. The third-order valence-electron chi connectivity index (χ3n) is 4.55. The highest BCUT2D eigenvalue weighted by Gasteiger charge is 2.44. The van der Waals surface area contributed by atoms with Crippen molar-refractivity contribution in [3.63, 3.8) is 0 Å². The fraction of sp³-hybridized carbons (Fsp3) is 0.263. The molecular formula is C19H17FN2O4S. The van der Waals surface area contributed by atoms with Gasteiger partial charge < -0.3 is 4.74 Å². The first-order valence-corrected chi connectivity index (χ1v) is 9.75. The number of carbonyl (C=O) groups is 1. The summed E-state index contributed by atoms with van der Waals surface area (Å²) in [6.07, 6.45) is 0.488. The minimum atomic E-state index is -3.91. The molecule has 0 aromatic heterocycles. The Bertz CT molecular complexity index is 1090. The smallest absolute Gasteiger partial charge is 0.269 e. The molecule has 0 N–H and O–H groups in total. The molecule has 6 nitrogen and oxygen atoms in total. The first-order valence-electron chi connectivity index (χ1n) is 8.31. The SMILES string of the molecule is CCC(C)N1C(=O)c2c(ccc(Oc3cc(F)cc(C#N)c3)c2C)S1(=O)=O. The average molecular weight is 388 g/mol. The van der Waals surface area contributed by atoms with Crippen molar-refractivity contribution < 1.29 is 22.3 Å². The van der Waals surface area contributed by atoms with Crippen LogP contribution in [0.15, 0.2) is 35.2 Å². The van der Waals surface area contributed by atoms with E-state index in [4.69, 9.17) is 10.00 Å². The van der Waals surface area contributed by atoms with Crippen LogP contribution in [0.3, 0.4) is 0 Å².